The maximum absolute atomic E-state index is 6.17. The summed E-state index contributed by atoms with van der Waals surface area (Å²) in [5.41, 5.74) is 8.64. The molecule has 3 unspecified atom stereocenters. The Labute approximate surface area is 110 Å². The highest BCUT2D eigenvalue weighted by Gasteiger charge is 2.23. The topological polar surface area (TPSA) is 47.3 Å². The van der Waals surface area contributed by atoms with Crippen molar-refractivity contribution in [3.05, 3.63) is 35.4 Å². The molecule has 0 radical (unpaired) electrons. The smallest absolute Gasteiger partial charge is 0.0588 e. The molecule has 1 aromatic rings. The summed E-state index contributed by atoms with van der Waals surface area (Å²) < 4.78 is 5.55. The lowest BCUT2D eigenvalue weighted by Crippen LogP contribution is -2.32. The van der Waals surface area contributed by atoms with Gasteiger partial charge in [-0.25, -0.2) is 0 Å². The van der Waals surface area contributed by atoms with Gasteiger partial charge in [-0.2, -0.15) is 0 Å². The predicted octanol–water partition coefficient (Wildman–Crippen LogP) is 2.01. The zero-order valence-electron chi connectivity index (χ0n) is 11.4. The molecule has 0 spiro atoms. The second-order valence-electron chi connectivity index (χ2n) is 5.30. The molecular weight excluding hydrogens is 224 g/mol. The van der Waals surface area contributed by atoms with Crippen molar-refractivity contribution in [1.29, 1.82) is 0 Å². The van der Waals surface area contributed by atoms with E-state index < -0.39 is 0 Å². The minimum atomic E-state index is 0.0724. The summed E-state index contributed by atoms with van der Waals surface area (Å²) >= 11 is 0. The molecule has 1 fully saturated rings. The first kappa shape index (κ1) is 13.5. The molecule has 0 saturated carbocycles. The Morgan fingerprint density at radius 1 is 1.39 bits per heavy atom. The van der Waals surface area contributed by atoms with Gasteiger partial charge in [0, 0.05) is 25.7 Å². The van der Waals surface area contributed by atoms with E-state index in [1.165, 1.54) is 11.1 Å². The average molecular weight is 248 g/mol. The number of nitrogens with one attached hydrogen (secondary N) is 1. The Hall–Kier alpha value is -0.900. The molecule has 1 aromatic carbocycles. The number of ether oxygens (including phenoxy) is 1. The second-order valence-corrected chi connectivity index (χ2v) is 5.30. The largest absolute Gasteiger partial charge is 0.378 e. The summed E-state index contributed by atoms with van der Waals surface area (Å²) in [5, 5.41) is 3.47. The van der Waals surface area contributed by atoms with Crippen LogP contribution in [0.3, 0.4) is 0 Å². The van der Waals surface area contributed by atoms with Gasteiger partial charge in [-0.05, 0) is 31.7 Å². The van der Waals surface area contributed by atoms with Gasteiger partial charge in [0.15, 0.2) is 0 Å². The van der Waals surface area contributed by atoms with Crippen LogP contribution in [0, 0.1) is 12.8 Å². The van der Waals surface area contributed by atoms with Crippen molar-refractivity contribution in [1.82, 2.24) is 5.32 Å². The summed E-state index contributed by atoms with van der Waals surface area (Å²) in [6, 6.07) is 8.53. The van der Waals surface area contributed by atoms with E-state index in [0.29, 0.717) is 12.0 Å². The summed E-state index contributed by atoms with van der Waals surface area (Å²) in [6.45, 7) is 6.97. The fourth-order valence-corrected chi connectivity index (χ4v) is 2.40. The molecule has 1 saturated heterocycles. The van der Waals surface area contributed by atoms with Crippen molar-refractivity contribution in [2.45, 2.75) is 32.4 Å². The van der Waals surface area contributed by atoms with Crippen LogP contribution in [0.5, 0.6) is 0 Å². The molecule has 1 aliphatic heterocycles. The van der Waals surface area contributed by atoms with Gasteiger partial charge in [0.1, 0.15) is 0 Å². The Morgan fingerprint density at radius 3 is 2.72 bits per heavy atom. The summed E-state index contributed by atoms with van der Waals surface area (Å²) in [5.74, 6) is 0.634. The van der Waals surface area contributed by atoms with Crippen molar-refractivity contribution < 1.29 is 4.74 Å². The van der Waals surface area contributed by atoms with Crippen LogP contribution in [0.25, 0.3) is 0 Å². The second kappa shape index (κ2) is 6.32. The minimum Gasteiger partial charge on any atom is -0.378 e. The van der Waals surface area contributed by atoms with Gasteiger partial charge < -0.3 is 15.8 Å². The van der Waals surface area contributed by atoms with Crippen LogP contribution in [0.1, 0.15) is 30.5 Å². The van der Waals surface area contributed by atoms with Crippen LogP contribution in [0.4, 0.5) is 0 Å². The van der Waals surface area contributed by atoms with Gasteiger partial charge in [0.25, 0.3) is 0 Å². The highest BCUT2D eigenvalue weighted by atomic mass is 16.5. The number of nitrogens with two attached hydrogens (primary N) is 1. The first-order chi connectivity index (χ1) is 8.66. The lowest BCUT2D eigenvalue weighted by molar-refractivity contribution is 0.105. The number of rotatable bonds is 5. The molecule has 3 nitrogen and oxygen atoms in total. The van der Waals surface area contributed by atoms with Gasteiger partial charge in [0.05, 0.1) is 6.10 Å². The Bertz CT molecular complexity index is 363. The molecular formula is C15H24N2O. The molecule has 3 N–H and O–H groups in total. The van der Waals surface area contributed by atoms with E-state index in [1.54, 1.807) is 0 Å². The number of hydrogen-bond acceptors (Lipinski definition) is 3. The van der Waals surface area contributed by atoms with Gasteiger partial charge in [-0.15, -0.1) is 0 Å². The van der Waals surface area contributed by atoms with Crippen molar-refractivity contribution in [3.8, 4) is 0 Å². The summed E-state index contributed by atoms with van der Waals surface area (Å²) in [4.78, 5) is 0. The number of hydrogen-bond donors (Lipinski definition) is 2. The van der Waals surface area contributed by atoms with Gasteiger partial charge in [-0.1, -0.05) is 29.8 Å². The van der Waals surface area contributed by atoms with Crippen LogP contribution in [-0.2, 0) is 4.74 Å². The van der Waals surface area contributed by atoms with Crippen LogP contribution in [0.2, 0.25) is 0 Å². The summed E-state index contributed by atoms with van der Waals surface area (Å²) in [6.07, 6.45) is 1.54. The van der Waals surface area contributed by atoms with Crippen LogP contribution >= 0.6 is 0 Å². The Balaban J connectivity index is 1.74. The van der Waals surface area contributed by atoms with Crippen LogP contribution < -0.4 is 11.1 Å². The SMILES string of the molecule is Cc1ccc(C(N)CNCC2CCOC2C)cc1. The van der Waals surface area contributed by atoms with Crippen molar-refractivity contribution in [3.63, 3.8) is 0 Å². The normalized spacial score (nSPS) is 25.3. The third-order valence-corrected chi connectivity index (χ3v) is 3.81. The molecule has 0 bridgehead atoms. The molecule has 3 heteroatoms. The highest BCUT2D eigenvalue weighted by molar-refractivity contribution is 5.24. The first-order valence-electron chi connectivity index (χ1n) is 6.81. The fraction of sp³-hybridized carbons (Fsp3) is 0.600. The minimum absolute atomic E-state index is 0.0724. The number of aryl methyl sites for hydroxylation is 1. The van der Waals surface area contributed by atoms with Gasteiger partial charge in [-0.3, -0.25) is 0 Å². The van der Waals surface area contributed by atoms with E-state index >= 15 is 0 Å². The average Bonchev–Trinajstić information content (AvgIpc) is 2.76. The molecule has 0 aliphatic carbocycles. The standard InChI is InChI=1S/C15H24N2O/c1-11-3-5-13(6-4-11)15(16)10-17-9-14-7-8-18-12(14)2/h3-6,12,14-15,17H,7-10,16H2,1-2H3. The maximum Gasteiger partial charge on any atom is 0.0588 e. The fourth-order valence-electron chi connectivity index (χ4n) is 2.40. The first-order valence-corrected chi connectivity index (χ1v) is 6.81. The van der Waals surface area contributed by atoms with Crippen molar-refractivity contribution >= 4 is 0 Å². The van der Waals surface area contributed by atoms with Crippen LogP contribution in [0.15, 0.2) is 24.3 Å². The Kier molecular flexibility index (Phi) is 4.75. The molecule has 100 valence electrons. The highest BCUT2D eigenvalue weighted by Crippen LogP contribution is 2.19. The molecule has 1 aliphatic rings. The maximum atomic E-state index is 6.17. The lowest BCUT2D eigenvalue weighted by Gasteiger charge is -2.17. The zero-order valence-corrected chi connectivity index (χ0v) is 11.4. The monoisotopic (exact) mass is 248 g/mol. The van der Waals surface area contributed by atoms with E-state index in [-0.39, 0.29) is 6.04 Å². The van der Waals surface area contributed by atoms with Crippen molar-refractivity contribution in [2.75, 3.05) is 19.7 Å². The van der Waals surface area contributed by atoms with Crippen LogP contribution in [-0.4, -0.2) is 25.8 Å². The molecule has 3 atom stereocenters. The molecule has 2 rings (SSSR count). The predicted molar refractivity (Wildman–Crippen MR) is 74.5 cm³/mol. The quantitative estimate of drug-likeness (QED) is 0.838. The Morgan fingerprint density at radius 2 is 2.11 bits per heavy atom. The molecule has 0 amide bonds. The van der Waals surface area contributed by atoms with Gasteiger partial charge in [0.2, 0.25) is 0 Å². The van der Waals surface area contributed by atoms with Gasteiger partial charge >= 0.3 is 0 Å². The lowest BCUT2D eigenvalue weighted by atomic mass is 10.0. The summed E-state index contributed by atoms with van der Waals surface area (Å²) in [7, 11) is 0. The van der Waals surface area contributed by atoms with E-state index in [0.717, 1.165) is 26.1 Å². The molecule has 0 aromatic heterocycles. The van der Waals surface area contributed by atoms with Crippen molar-refractivity contribution in [2.24, 2.45) is 11.7 Å². The van der Waals surface area contributed by atoms with E-state index in [9.17, 15) is 0 Å². The van der Waals surface area contributed by atoms with E-state index in [4.69, 9.17) is 10.5 Å². The molecule has 18 heavy (non-hydrogen) atoms. The van der Waals surface area contributed by atoms with E-state index in [2.05, 4.69) is 43.4 Å². The number of benzene rings is 1. The third-order valence-electron chi connectivity index (χ3n) is 3.81. The molecule has 1 heterocycles. The zero-order chi connectivity index (χ0) is 13.0. The van der Waals surface area contributed by atoms with E-state index in [1.807, 2.05) is 0 Å². The third kappa shape index (κ3) is 3.55.